The zero-order valence-corrected chi connectivity index (χ0v) is 15.4. The number of aryl methyl sites for hydroxylation is 2. The number of rotatable bonds is 4. The van der Waals surface area contributed by atoms with E-state index in [1.54, 1.807) is 11.3 Å². The number of fused-ring (bicyclic) bond motifs is 1. The molecule has 0 atom stereocenters. The molecule has 0 spiro atoms. The van der Waals surface area contributed by atoms with E-state index in [1.165, 1.54) is 21.6 Å². The van der Waals surface area contributed by atoms with Crippen molar-refractivity contribution in [3.05, 3.63) is 40.0 Å². The van der Waals surface area contributed by atoms with Gasteiger partial charge in [0.05, 0.1) is 5.39 Å². The largest absolute Gasteiger partial charge is 0.356 e. The number of halogens is 1. The number of thiophene rings is 1. The Morgan fingerprint density at radius 3 is 2.30 bits per heavy atom. The standard InChI is InChI=1S/C18H20ClN3S/c1-5-22(6-2)16-15-14(13-9-7-11(3)8-10-13)12(4)23-17(15)21-18(19)20-16/h7-10H,5-6H2,1-4H3. The van der Waals surface area contributed by atoms with E-state index in [9.17, 15) is 0 Å². The Morgan fingerprint density at radius 1 is 1.04 bits per heavy atom. The highest BCUT2D eigenvalue weighted by Crippen LogP contribution is 2.42. The van der Waals surface area contributed by atoms with Crippen molar-refractivity contribution in [3.63, 3.8) is 0 Å². The lowest BCUT2D eigenvalue weighted by Crippen LogP contribution is -2.23. The third-order valence-electron chi connectivity index (χ3n) is 4.08. The van der Waals surface area contributed by atoms with Crippen LogP contribution in [0, 0.1) is 13.8 Å². The lowest BCUT2D eigenvalue weighted by molar-refractivity contribution is 0.849. The van der Waals surface area contributed by atoms with Crippen LogP contribution in [0.2, 0.25) is 5.28 Å². The highest BCUT2D eigenvalue weighted by Gasteiger charge is 2.20. The Kier molecular flexibility index (Phi) is 4.55. The summed E-state index contributed by atoms with van der Waals surface area (Å²) in [6.07, 6.45) is 0. The van der Waals surface area contributed by atoms with Gasteiger partial charge >= 0.3 is 0 Å². The first-order valence-electron chi connectivity index (χ1n) is 7.83. The Hall–Kier alpha value is -1.65. The molecule has 0 aliphatic heterocycles. The van der Waals surface area contributed by atoms with Crippen LogP contribution < -0.4 is 4.90 Å². The van der Waals surface area contributed by atoms with Crippen LogP contribution in [0.1, 0.15) is 24.3 Å². The zero-order valence-electron chi connectivity index (χ0n) is 13.9. The Labute approximate surface area is 146 Å². The zero-order chi connectivity index (χ0) is 16.6. The van der Waals surface area contributed by atoms with Crippen molar-refractivity contribution in [1.29, 1.82) is 0 Å². The topological polar surface area (TPSA) is 29.0 Å². The number of anilines is 1. The molecular formula is C18H20ClN3S. The Bertz CT molecular complexity index is 836. The Balaban J connectivity index is 2.33. The molecule has 0 amide bonds. The first-order valence-corrected chi connectivity index (χ1v) is 9.03. The number of hydrogen-bond acceptors (Lipinski definition) is 4. The first-order chi connectivity index (χ1) is 11.0. The third-order valence-corrected chi connectivity index (χ3v) is 5.25. The van der Waals surface area contributed by atoms with Gasteiger partial charge in [-0.3, -0.25) is 0 Å². The summed E-state index contributed by atoms with van der Waals surface area (Å²) in [5, 5.41) is 1.43. The molecule has 0 N–H and O–H groups in total. The van der Waals surface area contributed by atoms with Crippen molar-refractivity contribution in [1.82, 2.24) is 9.97 Å². The average Bonchev–Trinajstić information content (AvgIpc) is 2.85. The van der Waals surface area contributed by atoms with Gasteiger partial charge in [-0.15, -0.1) is 11.3 Å². The molecule has 2 aromatic heterocycles. The van der Waals surface area contributed by atoms with Gasteiger partial charge in [-0.2, -0.15) is 4.98 Å². The van der Waals surface area contributed by atoms with Crippen LogP contribution in [0.25, 0.3) is 21.3 Å². The molecule has 0 aliphatic rings. The van der Waals surface area contributed by atoms with Crippen LogP contribution in [0.5, 0.6) is 0 Å². The Morgan fingerprint density at radius 2 is 1.70 bits per heavy atom. The maximum absolute atomic E-state index is 6.17. The summed E-state index contributed by atoms with van der Waals surface area (Å²) in [5.74, 6) is 0.935. The van der Waals surface area contributed by atoms with Crippen LogP contribution in [0.3, 0.4) is 0 Å². The quantitative estimate of drug-likeness (QED) is 0.587. The second kappa shape index (κ2) is 6.46. The maximum Gasteiger partial charge on any atom is 0.225 e. The van der Waals surface area contributed by atoms with Crippen LogP contribution in [0.15, 0.2) is 24.3 Å². The minimum Gasteiger partial charge on any atom is -0.356 e. The summed E-state index contributed by atoms with van der Waals surface area (Å²) in [6.45, 7) is 10.3. The molecule has 0 saturated carbocycles. The van der Waals surface area contributed by atoms with Gasteiger partial charge in [0.2, 0.25) is 5.28 Å². The van der Waals surface area contributed by atoms with Gasteiger partial charge in [0, 0.05) is 23.5 Å². The fourth-order valence-corrected chi connectivity index (χ4v) is 4.14. The normalized spacial score (nSPS) is 11.2. The maximum atomic E-state index is 6.17. The average molecular weight is 346 g/mol. The van der Waals surface area contributed by atoms with E-state index in [0.29, 0.717) is 5.28 Å². The monoisotopic (exact) mass is 345 g/mol. The third kappa shape index (κ3) is 2.93. The van der Waals surface area contributed by atoms with Gasteiger partial charge in [0.1, 0.15) is 10.6 Å². The predicted octanol–water partition coefficient (Wildman–Crippen LogP) is 5.47. The van der Waals surface area contributed by atoms with Gasteiger partial charge in [-0.25, -0.2) is 4.98 Å². The number of benzene rings is 1. The van der Waals surface area contributed by atoms with Gasteiger partial charge in [-0.05, 0) is 44.9 Å². The summed E-state index contributed by atoms with van der Waals surface area (Å²) in [5.41, 5.74) is 3.69. The minimum atomic E-state index is 0.316. The molecule has 3 aromatic rings. The molecule has 3 nitrogen and oxygen atoms in total. The van der Waals surface area contributed by atoms with Crippen LogP contribution in [0.4, 0.5) is 5.82 Å². The van der Waals surface area contributed by atoms with Crippen LogP contribution in [-0.2, 0) is 0 Å². The van der Waals surface area contributed by atoms with Crippen molar-refractivity contribution in [3.8, 4) is 11.1 Å². The SMILES string of the molecule is CCN(CC)c1nc(Cl)nc2sc(C)c(-c3ccc(C)cc3)c12. The second-order valence-corrected chi connectivity index (χ2v) is 7.11. The lowest BCUT2D eigenvalue weighted by atomic mass is 10.0. The fourth-order valence-electron chi connectivity index (χ4n) is 2.89. The van der Waals surface area contributed by atoms with Crippen LogP contribution in [-0.4, -0.2) is 23.1 Å². The van der Waals surface area contributed by atoms with E-state index in [1.807, 2.05) is 0 Å². The van der Waals surface area contributed by atoms with Crippen molar-refractivity contribution in [2.24, 2.45) is 0 Å². The molecule has 1 aromatic carbocycles. The number of aromatic nitrogens is 2. The number of nitrogens with zero attached hydrogens (tertiary/aromatic N) is 3. The van der Waals surface area contributed by atoms with E-state index < -0.39 is 0 Å². The molecule has 0 radical (unpaired) electrons. The smallest absolute Gasteiger partial charge is 0.225 e. The molecule has 0 aliphatic carbocycles. The van der Waals surface area contributed by atoms with Crippen molar-refractivity contribution < 1.29 is 0 Å². The van der Waals surface area contributed by atoms with E-state index in [2.05, 4.69) is 66.8 Å². The van der Waals surface area contributed by atoms with E-state index >= 15 is 0 Å². The van der Waals surface area contributed by atoms with E-state index in [-0.39, 0.29) is 0 Å². The van der Waals surface area contributed by atoms with Gasteiger partial charge in [-0.1, -0.05) is 29.8 Å². The lowest BCUT2D eigenvalue weighted by Gasteiger charge is -2.21. The van der Waals surface area contributed by atoms with Gasteiger partial charge in [0.25, 0.3) is 0 Å². The first kappa shape index (κ1) is 16.2. The fraction of sp³-hybridized carbons (Fsp3) is 0.333. The van der Waals surface area contributed by atoms with Crippen molar-refractivity contribution >= 4 is 39.0 Å². The molecule has 120 valence electrons. The van der Waals surface area contributed by atoms with Crippen molar-refractivity contribution in [2.75, 3.05) is 18.0 Å². The van der Waals surface area contributed by atoms with E-state index in [4.69, 9.17) is 11.6 Å². The van der Waals surface area contributed by atoms with Crippen LogP contribution >= 0.6 is 22.9 Å². The predicted molar refractivity (Wildman–Crippen MR) is 101 cm³/mol. The summed E-state index contributed by atoms with van der Waals surface area (Å²) >= 11 is 7.85. The molecule has 2 heterocycles. The highest BCUT2D eigenvalue weighted by molar-refractivity contribution is 7.19. The van der Waals surface area contributed by atoms with E-state index in [0.717, 1.165) is 29.1 Å². The minimum absolute atomic E-state index is 0.316. The molecule has 23 heavy (non-hydrogen) atoms. The summed E-state index contributed by atoms with van der Waals surface area (Å²) in [6, 6.07) is 8.63. The molecule has 0 saturated heterocycles. The summed E-state index contributed by atoms with van der Waals surface area (Å²) < 4.78 is 0. The highest BCUT2D eigenvalue weighted by atomic mass is 35.5. The second-order valence-electron chi connectivity index (χ2n) is 5.57. The van der Waals surface area contributed by atoms with Gasteiger partial charge < -0.3 is 4.90 Å². The van der Waals surface area contributed by atoms with Gasteiger partial charge in [0.15, 0.2) is 0 Å². The summed E-state index contributed by atoms with van der Waals surface area (Å²) in [4.78, 5) is 13.4. The molecule has 0 bridgehead atoms. The molecule has 0 unspecified atom stereocenters. The summed E-state index contributed by atoms with van der Waals surface area (Å²) in [7, 11) is 0. The molecule has 3 rings (SSSR count). The molecule has 5 heteroatoms. The number of hydrogen-bond donors (Lipinski definition) is 0. The molecular weight excluding hydrogens is 326 g/mol. The van der Waals surface area contributed by atoms with Crippen molar-refractivity contribution in [2.45, 2.75) is 27.7 Å². The molecule has 0 fully saturated rings.